The van der Waals surface area contributed by atoms with Crippen molar-refractivity contribution in [1.82, 2.24) is 4.98 Å². The summed E-state index contributed by atoms with van der Waals surface area (Å²) in [5.74, 6) is 0. The third-order valence-corrected chi connectivity index (χ3v) is 3.75. The van der Waals surface area contributed by atoms with Gasteiger partial charge in [-0.05, 0) is 36.2 Å². The molecule has 1 atom stereocenters. The Bertz CT molecular complexity index is 626. The van der Waals surface area contributed by atoms with Crippen molar-refractivity contribution < 1.29 is 18.3 Å². The van der Waals surface area contributed by atoms with Crippen LogP contribution in [-0.2, 0) is 12.6 Å². The largest absolute Gasteiger partial charge is 0.417 e. The van der Waals surface area contributed by atoms with Crippen molar-refractivity contribution in [2.75, 3.05) is 0 Å². The Kier molecular flexibility index (Phi) is 4.68. The second-order valence-electron chi connectivity index (χ2n) is 4.78. The molecule has 0 bridgehead atoms. The lowest BCUT2D eigenvalue weighted by molar-refractivity contribution is -0.138. The quantitative estimate of drug-likeness (QED) is 0.878. The number of hydrogen-bond donors (Lipinski definition) is 1. The van der Waals surface area contributed by atoms with Crippen LogP contribution in [0.3, 0.4) is 0 Å². The summed E-state index contributed by atoms with van der Waals surface area (Å²) in [7, 11) is 0. The first-order chi connectivity index (χ1) is 9.77. The van der Waals surface area contributed by atoms with Crippen molar-refractivity contribution in [2.45, 2.75) is 25.6 Å². The van der Waals surface area contributed by atoms with Gasteiger partial charge in [0.05, 0.1) is 11.7 Å². The summed E-state index contributed by atoms with van der Waals surface area (Å²) >= 11 is 2.88. The maximum absolute atomic E-state index is 12.8. The number of aromatic nitrogens is 1. The zero-order valence-electron chi connectivity index (χ0n) is 11.2. The molecule has 0 saturated carbocycles. The molecule has 1 N–H and O–H groups in total. The fourth-order valence-corrected chi connectivity index (χ4v) is 2.37. The standard InChI is InChI=1S/C15H13BrF3NO/c1-9-2-4-11(20-8-9)7-14(21)10-3-5-13(16)12(6-10)15(17,18)19/h2-6,8,14,21H,7H2,1H3. The van der Waals surface area contributed by atoms with Crippen LogP contribution in [0.15, 0.2) is 41.0 Å². The fraction of sp³-hybridized carbons (Fsp3) is 0.267. The number of halogens is 4. The smallest absolute Gasteiger partial charge is 0.388 e. The Hall–Kier alpha value is -1.40. The molecular formula is C15H13BrF3NO. The predicted molar refractivity (Wildman–Crippen MR) is 76.8 cm³/mol. The number of rotatable bonds is 3. The van der Waals surface area contributed by atoms with E-state index in [1.54, 1.807) is 12.3 Å². The summed E-state index contributed by atoms with van der Waals surface area (Å²) in [6, 6.07) is 7.32. The van der Waals surface area contributed by atoms with Crippen molar-refractivity contribution in [3.63, 3.8) is 0 Å². The highest BCUT2D eigenvalue weighted by Gasteiger charge is 2.33. The van der Waals surface area contributed by atoms with Gasteiger partial charge >= 0.3 is 6.18 Å². The summed E-state index contributed by atoms with van der Waals surface area (Å²) in [5, 5.41) is 10.1. The van der Waals surface area contributed by atoms with Crippen molar-refractivity contribution >= 4 is 15.9 Å². The van der Waals surface area contributed by atoms with Crippen LogP contribution in [0.1, 0.15) is 28.5 Å². The Balaban J connectivity index is 2.23. The van der Waals surface area contributed by atoms with Gasteiger partial charge in [0.25, 0.3) is 0 Å². The number of aliphatic hydroxyl groups is 1. The molecule has 1 unspecified atom stereocenters. The van der Waals surface area contributed by atoms with Crippen LogP contribution < -0.4 is 0 Å². The molecule has 0 aliphatic rings. The van der Waals surface area contributed by atoms with Gasteiger partial charge in [0.1, 0.15) is 0 Å². The molecule has 0 aliphatic heterocycles. The fourth-order valence-electron chi connectivity index (χ4n) is 1.90. The van der Waals surface area contributed by atoms with Crippen molar-refractivity contribution in [3.05, 3.63) is 63.4 Å². The molecule has 0 amide bonds. The Morgan fingerprint density at radius 3 is 2.52 bits per heavy atom. The molecule has 21 heavy (non-hydrogen) atoms. The summed E-state index contributed by atoms with van der Waals surface area (Å²) in [6.07, 6.45) is -3.67. The van der Waals surface area contributed by atoms with Crippen LogP contribution in [0.4, 0.5) is 13.2 Å². The van der Waals surface area contributed by atoms with E-state index in [2.05, 4.69) is 20.9 Å². The maximum Gasteiger partial charge on any atom is 0.417 e. The zero-order valence-corrected chi connectivity index (χ0v) is 12.7. The Morgan fingerprint density at radius 2 is 1.95 bits per heavy atom. The highest BCUT2D eigenvalue weighted by atomic mass is 79.9. The van der Waals surface area contributed by atoms with E-state index in [0.29, 0.717) is 5.69 Å². The lowest BCUT2D eigenvalue weighted by atomic mass is 10.0. The number of pyridine rings is 1. The third-order valence-electron chi connectivity index (χ3n) is 3.06. The zero-order chi connectivity index (χ0) is 15.6. The van der Waals surface area contributed by atoms with E-state index >= 15 is 0 Å². The van der Waals surface area contributed by atoms with E-state index in [0.717, 1.165) is 11.6 Å². The molecule has 0 aliphatic carbocycles. The van der Waals surface area contributed by atoms with Crippen molar-refractivity contribution in [2.24, 2.45) is 0 Å². The maximum atomic E-state index is 12.8. The van der Waals surface area contributed by atoms with Crippen molar-refractivity contribution in [1.29, 1.82) is 0 Å². The second-order valence-corrected chi connectivity index (χ2v) is 5.64. The van der Waals surface area contributed by atoms with Gasteiger partial charge in [-0.1, -0.05) is 28.1 Å². The van der Waals surface area contributed by atoms with Gasteiger partial charge in [-0.3, -0.25) is 4.98 Å². The van der Waals surface area contributed by atoms with Gasteiger partial charge in [0, 0.05) is 22.8 Å². The van der Waals surface area contributed by atoms with Crippen LogP contribution in [0, 0.1) is 6.92 Å². The Morgan fingerprint density at radius 1 is 1.24 bits per heavy atom. The molecule has 112 valence electrons. The molecule has 6 heteroatoms. The topological polar surface area (TPSA) is 33.1 Å². The highest BCUT2D eigenvalue weighted by molar-refractivity contribution is 9.10. The highest BCUT2D eigenvalue weighted by Crippen LogP contribution is 2.36. The van der Waals surface area contributed by atoms with E-state index in [9.17, 15) is 18.3 Å². The second kappa shape index (κ2) is 6.15. The molecule has 1 aromatic heterocycles. The average Bonchev–Trinajstić information content (AvgIpc) is 2.40. The lowest BCUT2D eigenvalue weighted by Gasteiger charge is -2.15. The van der Waals surface area contributed by atoms with Crippen LogP contribution >= 0.6 is 15.9 Å². The SMILES string of the molecule is Cc1ccc(CC(O)c2ccc(Br)c(C(F)(F)F)c2)nc1. The van der Waals surface area contributed by atoms with Crippen molar-refractivity contribution in [3.8, 4) is 0 Å². The van der Waals surface area contributed by atoms with Gasteiger partial charge in [-0.2, -0.15) is 13.2 Å². The molecular weight excluding hydrogens is 347 g/mol. The van der Waals surface area contributed by atoms with E-state index in [1.165, 1.54) is 12.1 Å². The van der Waals surface area contributed by atoms with E-state index in [4.69, 9.17) is 0 Å². The van der Waals surface area contributed by atoms with Crippen LogP contribution in [0.25, 0.3) is 0 Å². The number of aryl methyl sites for hydroxylation is 1. The normalized spacial score (nSPS) is 13.2. The van der Waals surface area contributed by atoms with Gasteiger partial charge in [-0.15, -0.1) is 0 Å². The molecule has 2 aromatic rings. The number of nitrogens with zero attached hydrogens (tertiary/aromatic N) is 1. The average molecular weight is 360 g/mol. The monoisotopic (exact) mass is 359 g/mol. The molecule has 0 radical (unpaired) electrons. The molecule has 0 saturated heterocycles. The summed E-state index contributed by atoms with van der Waals surface area (Å²) in [6.45, 7) is 1.89. The van der Waals surface area contributed by atoms with Gasteiger partial charge in [0.15, 0.2) is 0 Å². The first kappa shape index (κ1) is 16.0. The number of benzene rings is 1. The van der Waals surface area contributed by atoms with Crippen LogP contribution in [-0.4, -0.2) is 10.1 Å². The lowest BCUT2D eigenvalue weighted by Crippen LogP contribution is -2.09. The first-order valence-electron chi connectivity index (χ1n) is 6.23. The van der Waals surface area contributed by atoms with Gasteiger partial charge < -0.3 is 5.11 Å². The van der Waals surface area contributed by atoms with Gasteiger partial charge in [-0.25, -0.2) is 0 Å². The molecule has 2 rings (SSSR count). The number of alkyl halides is 3. The molecule has 2 nitrogen and oxygen atoms in total. The molecule has 1 heterocycles. The third kappa shape index (κ3) is 4.04. The minimum absolute atomic E-state index is 0.0422. The van der Waals surface area contributed by atoms with E-state index in [1.807, 2.05) is 13.0 Å². The van der Waals surface area contributed by atoms with Gasteiger partial charge in [0.2, 0.25) is 0 Å². The Labute approximate surface area is 128 Å². The summed E-state index contributed by atoms with van der Waals surface area (Å²) < 4.78 is 38.5. The van der Waals surface area contributed by atoms with Crippen LogP contribution in [0.2, 0.25) is 0 Å². The molecule has 1 aromatic carbocycles. The molecule has 0 fully saturated rings. The van der Waals surface area contributed by atoms with E-state index < -0.39 is 17.8 Å². The minimum atomic E-state index is -4.46. The number of hydrogen-bond acceptors (Lipinski definition) is 2. The van der Waals surface area contributed by atoms with Crippen LogP contribution in [0.5, 0.6) is 0 Å². The summed E-state index contributed by atoms with van der Waals surface area (Å²) in [4.78, 5) is 4.14. The molecule has 0 spiro atoms. The predicted octanol–water partition coefficient (Wildman–Crippen LogP) is 4.45. The number of aliphatic hydroxyl groups excluding tert-OH is 1. The summed E-state index contributed by atoms with van der Waals surface area (Å²) in [5.41, 5.74) is 1.03. The minimum Gasteiger partial charge on any atom is -0.388 e. The van der Waals surface area contributed by atoms with E-state index in [-0.39, 0.29) is 16.5 Å². The first-order valence-corrected chi connectivity index (χ1v) is 7.03.